The van der Waals surface area contributed by atoms with Gasteiger partial charge >= 0.3 is 0 Å². The molecule has 0 rings (SSSR count). The summed E-state index contributed by atoms with van der Waals surface area (Å²) in [6.07, 6.45) is 1.94. The van der Waals surface area contributed by atoms with Crippen molar-refractivity contribution >= 4 is 24.8 Å². The SMILES string of the molecule is CCC(N)(CC)CN.Cl.Cl. The van der Waals surface area contributed by atoms with Crippen molar-refractivity contribution in [1.29, 1.82) is 0 Å². The molecule has 0 aromatic rings. The van der Waals surface area contributed by atoms with E-state index in [-0.39, 0.29) is 30.4 Å². The molecule has 4 N–H and O–H groups in total. The predicted molar refractivity (Wildman–Crippen MR) is 51.1 cm³/mol. The summed E-state index contributed by atoms with van der Waals surface area (Å²) in [6, 6.07) is 0. The van der Waals surface area contributed by atoms with Crippen molar-refractivity contribution in [3.05, 3.63) is 0 Å². The number of halogens is 2. The summed E-state index contributed by atoms with van der Waals surface area (Å²) in [4.78, 5) is 0. The second kappa shape index (κ2) is 7.61. The molecule has 0 aromatic carbocycles. The lowest BCUT2D eigenvalue weighted by Crippen LogP contribution is -2.45. The van der Waals surface area contributed by atoms with Crippen LogP contribution in [0.3, 0.4) is 0 Å². The lowest BCUT2D eigenvalue weighted by Gasteiger charge is -2.23. The number of hydrogen-bond acceptors (Lipinski definition) is 2. The monoisotopic (exact) mass is 188 g/mol. The first-order chi connectivity index (χ1) is 3.68. The van der Waals surface area contributed by atoms with E-state index < -0.39 is 0 Å². The minimum Gasteiger partial charge on any atom is -0.329 e. The standard InChI is InChI=1S/C6H16N2.2ClH/c1-3-6(8,4-2)5-7;;/h3-5,7-8H2,1-2H3;2*1H. The van der Waals surface area contributed by atoms with Gasteiger partial charge in [-0.3, -0.25) is 0 Å². The fraction of sp³-hybridized carbons (Fsp3) is 1.00. The maximum absolute atomic E-state index is 5.77. The van der Waals surface area contributed by atoms with Crippen molar-refractivity contribution in [1.82, 2.24) is 0 Å². The third kappa shape index (κ3) is 5.30. The average Bonchev–Trinajstić information content (AvgIpc) is 1.87. The second-order valence-corrected chi connectivity index (χ2v) is 2.27. The Bertz CT molecular complexity index is 56.5. The van der Waals surface area contributed by atoms with Gasteiger partial charge in [-0.1, -0.05) is 13.8 Å². The maximum Gasteiger partial charge on any atom is 0.0273 e. The van der Waals surface area contributed by atoms with Crippen molar-refractivity contribution in [2.75, 3.05) is 6.54 Å². The van der Waals surface area contributed by atoms with Crippen LogP contribution in [0.1, 0.15) is 26.7 Å². The van der Waals surface area contributed by atoms with Crippen LogP contribution in [-0.4, -0.2) is 12.1 Å². The first-order valence-corrected chi connectivity index (χ1v) is 3.17. The molecule has 0 amide bonds. The molecule has 2 nitrogen and oxygen atoms in total. The fourth-order valence-electron chi connectivity index (χ4n) is 0.539. The molecule has 0 atom stereocenters. The highest BCUT2D eigenvalue weighted by atomic mass is 35.5. The summed E-state index contributed by atoms with van der Waals surface area (Å²) in [7, 11) is 0. The third-order valence-electron chi connectivity index (χ3n) is 1.81. The molecule has 0 saturated carbocycles. The molecule has 0 aliphatic rings. The molecule has 0 heterocycles. The Morgan fingerprint density at radius 1 is 1.10 bits per heavy atom. The van der Waals surface area contributed by atoms with Crippen molar-refractivity contribution in [3.8, 4) is 0 Å². The van der Waals surface area contributed by atoms with E-state index in [2.05, 4.69) is 13.8 Å². The van der Waals surface area contributed by atoms with Gasteiger partial charge in [-0.2, -0.15) is 0 Å². The normalized spacial score (nSPS) is 9.60. The quantitative estimate of drug-likeness (QED) is 0.703. The molecule has 10 heavy (non-hydrogen) atoms. The molecule has 0 aromatic heterocycles. The molecule has 0 fully saturated rings. The topological polar surface area (TPSA) is 52.0 Å². The van der Waals surface area contributed by atoms with Crippen LogP contribution in [0.5, 0.6) is 0 Å². The summed E-state index contributed by atoms with van der Waals surface area (Å²) in [5.41, 5.74) is 11.1. The van der Waals surface area contributed by atoms with E-state index in [0.29, 0.717) is 6.54 Å². The van der Waals surface area contributed by atoms with Crippen molar-refractivity contribution in [2.24, 2.45) is 11.5 Å². The highest BCUT2D eigenvalue weighted by Gasteiger charge is 2.16. The molecular formula is C6H18Cl2N2. The lowest BCUT2D eigenvalue weighted by molar-refractivity contribution is 0.407. The molecule has 0 aliphatic heterocycles. The summed E-state index contributed by atoms with van der Waals surface area (Å²) < 4.78 is 0. The second-order valence-electron chi connectivity index (χ2n) is 2.27. The first kappa shape index (κ1) is 16.8. The number of hydrogen-bond donors (Lipinski definition) is 2. The molecule has 66 valence electrons. The van der Waals surface area contributed by atoms with Crippen LogP contribution in [0.25, 0.3) is 0 Å². The minimum atomic E-state index is -0.0972. The van der Waals surface area contributed by atoms with E-state index in [1.54, 1.807) is 0 Å². The largest absolute Gasteiger partial charge is 0.329 e. The molecule has 0 unspecified atom stereocenters. The van der Waals surface area contributed by atoms with E-state index in [1.165, 1.54) is 0 Å². The summed E-state index contributed by atoms with van der Waals surface area (Å²) >= 11 is 0. The van der Waals surface area contributed by atoms with E-state index in [9.17, 15) is 0 Å². The van der Waals surface area contributed by atoms with Crippen molar-refractivity contribution < 1.29 is 0 Å². The van der Waals surface area contributed by atoms with Gasteiger partial charge in [-0.05, 0) is 12.8 Å². The van der Waals surface area contributed by atoms with E-state index >= 15 is 0 Å². The Morgan fingerprint density at radius 2 is 1.40 bits per heavy atom. The smallest absolute Gasteiger partial charge is 0.0273 e. The van der Waals surface area contributed by atoms with E-state index in [4.69, 9.17) is 11.5 Å². The average molecular weight is 189 g/mol. The van der Waals surface area contributed by atoms with Crippen LogP contribution >= 0.6 is 24.8 Å². The zero-order valence-corrected chi connectivity index (χ0v) is 8.23. The summed E-state index contributed by atoms with van der Waals surface area (Å²) in [5, 5.41) is 0. The number of nitrogens with two attached hydrogens (primary N) is 2. The van der Waals surface area contributed by atoms with Crippen molar-refractivity contribution in [2.45, 2.75) is 32.2 Å². The van der Waals surface area contributed by atoms with Crippen LogP contribution in [0.2, 0.25) is 0 Å². The molecule has 0 bridgehead atoms. The Kier molecular flexibility index (Phi) is 12.8. The summed E-state index contributed by atoms with van der Waals surface area (Å²) in [5.74, 6) is 0. The molecule has 0 aliphatic carbocycles. The van der Waals surface area contributed by atoms with E-state index in [1.807, 2.05) is 0 Å². The zero-order chi connectivity index (χ0) is 6.62. The van der Waals surface area contributed by atoms with Gasteiger partial charge in [0, 0.05) is 12.1 Å². The highest BCUT2D eigenvalue weighted by molar-refractivity contribution is 5.85. The van der Waals surface area contributed by atoms with Crippen LogP contribution in [0, 0.1) is 0 Å². The minimum absolute atomic E-state index is 0. The Balaban J connectivity index is -0.000000245. The van der Waals surface area contributed by atoms with E-state index in [0.717, 1.165) is 12.8 Å². The first-order valence-electron chi connectivity index (χ1n) is 3.17. The molecule has 0 radical (unpaired) electrons. The van der Waals surface area contributed by atoms with Gasteiger partial charge in [0.15, 0.2) is 0 Å². The number of rotatable bonds is 3. The predicted octanol–water partition coefficient (Wildman–Crippen LogP) is 1.31. The highest BCUT2D eigenvalue weighted by Crippen LogP contribution is 2.07. The van der Waals surface area contributed by atoms with Crippen molar-refractivity contribution in [3.63, 3.8) is 0 Å². The molecule has 0 spiro atoms. The van der Waals surface area contributed by atoms with Gasteiger partial charge < -0.3 is 11.5 Å². The molecular weight excluding hydrogens is 171 g/mol. The third-order valence-corrected chi connectivity index (χ3v) is 1.81. The maximum atomic E-state index is 5.77. The van der Waals surface area contributed by atoms with Crippen LogP contribution in [0.15, 0.2) is 0 Å². The Morgan fingerprint density at radius 3 is 1.40 bits per heavy atom. The molecule has 0 saturated heterocycles. The lowest BCUT2D eigenvalue weighted by atomic mass is 9.95. The van der Waals surface area contributed by atoms with Gasteiger partial charge in [-0.15, -0.1) is 24.8 Å². The van der Waals surface area contributed by atoms with Gasteiger partial charge in [0.25, 0.3) is 0 Å². The molecule has 4 heteroatoms. The Labute approximate surface area is 75.5 Å². The van der Waals surface area contributed by atoms with Gasteiger partial charge in [0.05, 0.1) is 0 Å². The van der Waals surface area contributed by atoms with Crippen LogP contribution in [-0.2, 0) is 0 Å². The summed E-state index contributed by atoms with van der Waals surface area (Å²) in [6.45, 7) is 4.73. The van der Waals surface area contributed by atoms with Gasteiger partial charge in [-0.25, -0.2) is 0 Å². The fourth-order valence-corrected chi connectivity index (χ4v) is 0.539. The zero-order valence-electron chi connectivity index (χ0n) is 6.59. The van der Waals surface area contributed by atoms with Gasteiger partial charge in [0.1, 0.15) is 0 Å². The van der Waals surface area contributed by atoms with Crippen LogP contribution < -0.4 is 11.5 Å². The van der Waals surface area contributed by atoms with Gasteiger partial charge in [0.2, 0.25) is 0 Å². The van der Waals surface area contributed by atoms with Crippen LogP contribution in [0.4, 0.5) is 0 Å². The Hall–Kier alpha value is 0.500.